The summed E-state index contributed by atoms with van der Waals surface area (Å²) < 4.78 is 0. The van der Waals surface area contributed by atoms with E-state index in [2.05, 4.69) is 0 Å². The summed E-state index contributed by atoms with van der Waals surface area (Å²) >= 11 is 0. The molecule has 0 bridgehead atoms. The minimum atomic E-state index is 0. The van der Waals surface area contributed by atoms with Crippen LogP contribution in [0.2, 0.25) is 0 Å². The van der Waals surface area contributed by atoms with Gasteiger partial charge in [-0.05, 0) is 0 Å². The monoisotopic (exact) mass is 352 g/mol. The van der Waals surface area contributed by atoms with Crippen LogP contribution in [0.5, 0.6) is 0 Å². The van der Waals surface area contributed by atoms with Gasteiger partial charge in [0.05, 0.1) is 0 Å². The first kappa shape index (κ1) is 26.0. The van der Waals surface area contributed by atoms with Gasteiger partial charge in [0.25, 0.3) is 0 Å². The molecule has 0 aliphatic rings. The number of hydrogen-bond donors (Lipinski definition) is 0. The molecule has 16 valence electrons. The van der Waals surface area contributed by atoms with Gasteiger partial charge in [-0.2, -0.15) is 13.5 Å². The standard InChI is InChI=1S/Ba.Cd.H2S.Zn.2H/h;;1H2;;;/q+2;;;;2*-1. The molecule has 0 amide bonds. The molecule has 0 aliphatic heterocycles. The zero-order chi connectivity index (χ0) is 0. The second-order valence-electron chi connectivity index (χ2n) is 0. The molecule has 0 nitrogen and oxygen atoms in total. The first-order chi connectivity index (χ1) is 0. The summed E-state index contributed by atoms with van der Waals surface area (Å²) in [5, 5.41) is 0. The fraction of sp³-hybridized carbons (Fsp3) is 0. The Morgan fingerprint density at radius 1 is 1.25 bits per heavy atom. The van der Waals surface area contributed by atoms with Crippen molar-refractivity contribution in [3.63, 3.8) is 0 Å². The van der Waals surface area contributed by atoms with E-state index in [4.69, 9.17) is 0 Å². The van der Waals surface area contributed by atoms with E-state index < -0.39 is 0 Å². The minimum Gasteiger partial charge on any atom is -1.00 e. The largest absolute Gasteiger partial charge is 2.00 e. The molecule has 0 radical (unpaired) electrons. The van der Waals surface area contributed by atoms with Gasteiger partial charge >= 0.3 is 48.9 Å². The van der Waals surface area contributed by atoms with Crippen LogP contribution in [-0.4, -0.2) is 48.9 Å². The van der Waals surface area contributed by atoms with E-state index in [0.29, 0.717) is 0 Å². The van der Waals surface area contributed by atoms with E-state index >= 15 is 0 Å². The van der Waals surface area contributed by atoms with Crippen LogP contribution in [-0.2, 0) is 46.8 Å². The molecule has 4 heavy (non-hydrogen) atoms. The Labute approximate surface area is 109 Å². The smallest absolute Gasteiger partial charge is 1.00 e. The van der Waals surface area contributed by atoms with E-state index in [-0.39, 0.29) is 112 Å². The van der Waals surface area contributed by atoms with Crippen LogP contribution < -0.4 is 0 Å². The Bertz CT molecular complexity index is 13.5. The average molecular weight is 351 g/mol. The van der Waals surface area contributed by atoms with Gasteiger partial charge in [-0.3, -0.25) is 0 Å². The van der Waals surface area contributed by atoms with Gasteiger partial charge in [0.1, 0.15) is 0 Å². The third-order valence-electron chi connectivity index (χ3n) is 0. The van der Waals surface area contributed by atoms with E-state index in [9.17, 15) is 0 Å². The molecule has 0 aromatic rings. The fourth-order valence-corrected chi connectivity index (χ4v) is 0. The molecule has 0 unspecified atom stereocenters. The van der Waals surface area contributed by atoms with Gasteiger partial charge in [-0.25, -0.2) is 0 Å². The maximum absolute atomic E-state index is 0. The molecule has 0 aromatic carbocycles. The predicted molar refractivity (Wildman–Crippen MR) is 18.4 cm³/mol. The zero-order valence-electron chi connectivity index (χ0n) is 4.62. The summed E-state index contributed by atoms with van der Waals surface area (Å²) in [6.07, 6.45) is 0. The Morgan fingerprint density at radius 2 is 1.25 bits per heavy atom. The van der Waals surface area contributed by atoms with Crippen LogP contribution in [0.1, 0.15) is 2.85 Å². The van der Waals surface area contributed by atoms with Crippen LogP contribution in [0.4, 0.5) is 0 Å². The summed E-state index contributed by atoms with van der Waals surface area (Å²) in [4.78, 5) is 0. The quantitative estimate of drug-likeness (QED) is 0.537. The Morgan fingerprint density at radius 3 is 1.25 bits per heavy atom. The van der Waals surface area contributed by atoms with Gasteiger partial charge in [0.2, 0.25) is 0 Å². The van der Waals surface area contributed by atoms with E-state index in [1.807, 2.05) is 0 Å². The van der Waals surface area contributed by atoms with Gasteiger partial charge < -0.3 is 2.85 Å². The molecule has 0 spiro atoms. The normalized spacial score (nSPS) is 0. The third kappa shape index (κ3) is 9.08. The van der Waals surface area contributed by atoms with Crippen molar-refractivity contribution in [2.45, 2.75) is 0 Å². The number of hydrogen-bond acceptors (Lipinski definition) is 0. The van der Waals surface area contributed by atoms with Crippen molar-refractivity contribution < 1.29 is 49.6 Å². The van der Waals surface area contributed by atoms with Gasteiger partial charge in [-0.15, -0.1) is 0 Å². The maximum atomic E-state index is 0. The topological polar surface area (TPSA) is 0 Å². The number of rotatable bonds is 0. The van der Waals surface area contributed by atoms with Crippen molar-refractivity contribution in [3.8, 4) is 0 Å². The van der Waals surface area contributed by atoms with Gasteiger partial charge in [-0.1, -0.05) is 0 Å². The average Bonchev–Trinajstić information content (AvgIpc) is 0. The van der Waals surface area contributed by atoms with Crippen molar-refractivity contribution in [2.75, 3.05) is 0 Å². The van der Waals surface area contributed by atoms with Crippen molar-refractivity contribution in [3.05, 3.63) is 0 Å². The summed E-state index contributed by atoms with van der Waals surface area (Å²) in [6, 6.07) is 0. The SMILES string of the molecule is S.[Ba+2].[Cd].[H-].[H-].[Zn]. The summed E-state index contributed by atoms with van der Waals surface area (Å²) in [5.74, 6) is 0. The molecular weight excluding hydrogens is 347 g/mol. The van der Waals surface area contributed by atoms with Crippen LogP contribution >= 0.6 is 13.5 Å². The van der Waals surface area contributed by atoms with E-state index in [0.717, 1.165) is 0 Å². The summed E-state index contributed by atoms with van der Waals surface area (Å²) in [7, 11) is 0. The predicted octanol–water partition coefficient (Wildman–Crippen LogP) is -0.0480. The van der Waals surface area contributed by atoms with Crippen LogP contribution in [0.25, 0.3) is 0 Å². The maximum Gasteiger partial charge on any atom is 2.00 e. The van der Waals surface area contributed by atoms with E-state index in [1.54, 1.807) is 0 Å². The molecule has 0 rings (SSSR count). The molecule has 0 aliphatic carbocycles. The zero-order valence-corrected chi connectivity index (χ0v) is 15.1. The Kier molecular flexibility index (Phi) is 104. The van der Waals surface area contributed by atoms with Gasteiger partial charge in [0, 0.05) is 46.8 Å². The van der Waals surface area contributed by atoms with Crippen LogP contribution in [0.15, 0.2) is 0 Å². The molecule has 0 saturated carbocycles. The summed E-state index contributed by atoms with van der Waals surface area (Å²) in [5.41, 5.74) is 0. The summed E-state index contributed by atoms with van der Waals surface area (Å²) in [6.45, 7) is 0. The Hall–Kier alpha value is 3.47. The third-order valence-corrected chi connectivity index (χ3v) is 0. The van der Waals surface area contributed by atoms with Crippen molar-refractivity contribution in [2.24, 2.45) is 0 Å². The molecule has 0 fully saturated rings. The molecule has 0 atom stereocenters. The van der Waals surface area contributed by atoms with E-state index in [1.165, 1.54) is 0 Å². The van der Waals surface area contributed by atoms with Crippen LogP contribution in [0.3, 0.4) is 0 Å². The fourth-order valence-electron chi connectivity index (χ4n) is 0. The van der Waals surface area contributed by atoms with Crippen LogP contribution in [0, 0.1) is 0 Å². The second-order valence-corrected chi connectivity index (χ2v) is 0. The van der Waals surface area contributed by atoms with Crippen molar-refractivity contribution >= 4 is 62.4 Å². The molecule has 0 saturated heterocycles. The van der Waals surface area contributed by atoms with Crippen molar-refractivity contribution in [1.29, 1.82) is 0 Å². The molecular formula is H4BaCdSZn. The molecule has 0 N–H and O–H groups in total. The second kappa shape index (κ2) is 16.1. The Balaban J connectivity index is 0. The molecule has 4 heteroatoms. The molecule has 0 aromatic heterocycles. The van der Waals surface area contributed by atoms with Gasteiger partial charge in [0.15, 0.2) is 0 Å². The van der Waals surface area contributed by atoms with Crippen molar-refractivity contribution in [1.82, 2.24) is 0 Å². The molecule has 0 heterocycles. The first-order valence-corrected chi connectivity index (χ1v) is 0. The minimum absolute atomic E-state index is 0. The first-order valence-electron chi connectivity index (χ1n) is 0.